The third kappa shape index (κ3) is 4.56. The molecule has 0 saturated heterocycles. The number of hydrogen-bond acceptors (Lipinski definition) is 3. The highest BCUT2D eigenvalue weighted by Gasteiger charge is 2.55. The zero-order valence-electron chi connectivity index (χ0n) is 17.2. The quantitative estimate of drug-likeness (QED) is 0.322. The van der Waals surface area contributed by atoms with Crippen LogP contribution in [0.2, 0.25) is 0 Å². The smallest absolute Gasteiger partial charge is 0.376 e. The Balaban J connectivity index is 1.84. The van der Waals surface area contributed by atoms with E-state index in [9.17, 15) is 27.9 Å². The molecule has 1 atom stereocenters. The summed E-state index contributed by atoms with van der Waals surface area (Å²) in [6.45, 7) is 0.0713. The topological polar surface area (TPSA) is 48.9 Å². The Labute approximate surface area is 191 Å². The van der Waals surface area contributed by atoms with Crippen molar-refractivity contribution in [3.63, 3.8) is 0 Å². The Morgan fingerprint density at radius 3 is 2.61 bits per heavy atom. The van der Waals surface area contributed by atoms with E-state index in [4.69, 9.17) is 0 Å². The minimum Gasteiger partial charge on any atom is -0.376 e. The van der Waals surface area contributed by atoms with Crippen LogP contribution in [0.1, 0.15) is 28.7 Å². The van der Waals surface area contributed by atoms with Crippen LogP contribution < -0.4 is 0 Å². The van der Waals surface area contributed by atoms with Crippen LogP contribution in [0, 0.1) is 17.1 Å². The summed E-state index contributed by atoms with van der Waals surface area (Å²) in [5, 5.41) is 24.0. The van der Waals surface area contributed by atoms with E-state index in [2.05, 4.69) is 0 Å². The van der Waals surface area contributed by atoms with Crippen molar-refractivity contribution < 1.29 is 22.7 Å². The second-order valence-electron chi connectivity index (χ2n) is 7.67. The molecule has 168 valence electrons. The molecule has 1 N–H and O–H groups in total. The molecule has 0 bridgehead atoms. The maximum atomic E-state index is 14.2. The third-order valence-electron chi connectivity index (χ3n) is 5.43. The molecule has 3 nitrogen and oxygen atoms in total. The molecular weight excluding hydrogens is 452 g/mol. The molecule has 2 aromatic carbocycles. The lowest BCUT2D eigenvalue weighted by molar-refractivity contribution is -0.264. The molecule has 4 rings (SSSR count). The Hall–Kier alpha value is -3.41. The Morgan fingerprint density at radius 2 is 1.94 bits per heavy atom. The molecule has 0 fully saturated rings. The van der Waals surface area contributed by atoms with Crippen LogP contribution in [0.3, 0.4) is 0 Å². The number of aliphatic hydroxyl groups is 1. The van der Waals surface area contributed by atoms with Gasteiger partial charge in [0.15, 0.2) is 5.60 Å². The van der Waals surface area contributed by atoms with Crippen LogP contribution in [0.4, 0.5) is 17.6 Å². The molecule has 2 heterocycles. The van der Waals surface area contributed by atoms with Crippen molar-refractivity contribution in [1.29, 1.82) is 5.26 Å². The lowest BCUT2D eigenvalue weighted by Gasteiger charge is -2.29. The van der Waals surface area contributed by atoms with Crippen molar-refractivity contribution in [3.8, 4) is 6.07 Å². The molecule has 33 heavy (non-hydrogen) atoms. The molecule has 0 saturated carbocycles. The van der Waals surface area contributed by atoms with Gasteiger partial charge in [-0.05, 0) is 52.2 Å². The first-order valence-electron chi connectivity index (χ1n) is 9.97. The van der Waals surface area contributed by atoms with Gasteiger partial charge in [0.05, 0.1) is 17.1 Å². The molecule has 4 aromatic rings. The van der Waals surface area contributed by atoms with Crippen LogP contribution in [0.5, 0.6) is 0 Å². The van der Waals surface area contributed by atoms with Crippen molar-refractivity contribution in [3.05, 3.63) is 99.6 Å². The Morgan fingerprint density at radius 1 is 1.12 bits per heavy atom. The fraction of sp³-hybridized carbons (Fsp3) is 0.160. The molecule has 0 aliphatic carbocycles. The lowest BCUT2D eigenvalue weighted by atomic mass is 9.89. The summed E-state index contributed by atoms with van der Waals surface area (Å²) in [5.74, 6) is -0.465. The second kappa shape index (κ2) is 8.85. The summed E-state index contributed by atoms with van der Waals surface area (Å²) in [5.41, 5.74) is -1.58. The number of alkyl halides is 3. The van der Waals surface area contributed by atoms with E-state index in [1.165, 1.54) is 70.7 Å². The second-order valence-corrected chi connectivity index (χ2v) is 8.45. The number of thiophene rings is 1. The van der Waals surface area contributed by atoms with Crippen LogP contribution in [0.25, 0.3) is 17.0 Å². The average Bonchev–Trinajstić information content (AvgIpc) is 3.41. The van der Waals surface area contributed by atoms with Gasteiger partial charge in [-0.3, -0.25) is 0 Å². The van der Waals surface area contributed by atoms with E-state index >= 15 is 0 Å². The third-order valence-corrected chi connectivity index (χ3v) is 6.14. The van der Waals surface area contributed by atoms with Crippen molar-refractivity contribution in [1.82, 2.24) is 4.57 Å². The van der Waals surface area contributed by atoms with Crippen molar-refractivity contribution in [2.24, 2.45) is 0 Å². The van der Waals surface area contributed by atoms with Crippen molar-refractivity contribution in [2.45, 2.75) is 24.7 Å². The summed E-state index contributed by atoms with van der Waals surface area (Å²) in [7, 11) is 0. The van der Waals surface area contributed by atoms with E-state index in [-0.39, 0.29) is 23.1 Å². The average molecular weight is 470 g/mol. The minimum absolute atomic E-state index is 0.0713. The van der Waals surface area contributed by atoms with Crippen molar-refractivity contribution in [2.75, 3.05) is 0 Å². The number of nitrogens with zero attached hydrogens (tertiary/aromatic N) is 2. The molecule has 0 radical (unpaired) electrons. The first-order valence-corrected chi connectivity index (χ1v) is 10.9. The van der Waals surface area contributed by atoms with Gasteiger partial charge in [0.1, 0.15) is 5.82 Å². The van der Waals surface area contributed by atoms with E-state index in [1.54, 1.807) is 17.5 Å². The van der Waals surface area contributed by atoms with Gasteiger partial charge in [-0.1, -0.05) is 30.4 Å². The number of rotatable bonds is 6. The van der Waals surface area contributed by atoms with Gasteiger partial charge in [-0.15, -0.1) is 0 Å². The number of nitriles is 1. The first-order chi connectivity index (χ1) is 15.7. The summed E-state index contributed by atoms with van der Waals surface area (Å²) in [6.07, 6.45) is -1.58. The van der Waals surface area contributed by atoms with Gasteiger partial charge < -0.3 is 9.67 Å². The van der Waals surface area contributed by atoms with Crippen LogP contribution in [-0.4, -0.2) is 15.8 Å². The monoisotopic (exact) mass is 470 g/mol. The minimum atomic E-state index is -4.96. The fourth-order valence-corrected chi connectivity index (χ4v) is 4.40. The predicted molar refractivity (Wildman–Crippen MR) is 120 cm³/mol. The normalized spacial score (nSPS) is 13.9. The Kier molecular flexibility index (Phi) is 6.11. The zero-order valence-corrected chi connectivity index (χ0v) is 18.0. The van der Waals surface area contributed by atoms with Gasteiger partial charge >= 0.3 is 6.18 Å². The molecule has 2 aromatic heterocycles. The zero-order chi connectivity index (χ0) is 23.6. The number of fused-ring (bicyclic) bond motifs is 1. The maximum absolute atomic E-state index is 14.2. The van der Waals surface area contributed by atoms with Crippen LogP contribution in [0.15, 0.2) is 71.6 Å². The standard InChI is InChI=1S/C25H18F4N2OS/c26-20-5-1-3-19(11-20)14-31-15-22(21-7-6-18(13-30)12-23(21)31)24(32,25(27,28)29)9-2-4-17-8-10-33-16-17/h1-8,10-12,15-16,32H,9,14H2/b4-2+. The SMILES string of the molecule is N#Cc1ccc2c(C(O)(C/C=C/c3ccsc3)C(F)(F)F)cn(Cc3cccc(F)c3)c2c1. The highest BCUT2D eigenvalue weighted by atomic mass is 32.1. The lowest BCUT2D eigenvalue weighted by Crippen LogP contribution is -2.41. The molecule has 0 aliphatic rings. The summed E-state index contributed by atoms with van der Waals surface area (Å²) < 4.78 is 57.8. The number of benzene rings is 2. The van der Waals surface area contributed by atoms with E-state index in [0.29, 0.717) is 11.1 Å². The fourth-order valence-electron chi connectivity index (χ4n) is 3.77. The number of aromatic nitrogens is 1. The molecule has 0 amide bonds. The molecule has 8 heteroatoms. The van der Waals surface area contributed by atoms with Gasteiger partial charge in [0, 0.05) is 30.1 Å². The van der Waals surface area contributed by atoms with Gasteiger partial charge in [0.2, 0.25) is 0 Å². The van der Waals surface area contributed by atoms with E-state index < -0.39 is 24.0 Å². The van der Waals surface area contributed by atoms with Crippen LogP contribution in [-0.2, 0) is 12.1 Å². The number of halogens is 4. The molecular formula is C25H18F4N2OS. The molecule has 1 unspecified atom stereocenters. The highest BCUT2D eigenvalue weighted by Crippen LogP contribution is 2.45. The van der Waals surface area contributed by atoms with E-state index in [0.717, 1.165) is 5.56 Å². The van der Waals surface area contributed by atoms with Gasteiger partial charge in [-0.25, -0.2) is 4.39 Å². The highest BCUT2D eigenvalue weighted by molar-refractivity contribution is 7.08. The van der Waals surface area contributed by atoms with Gasteiger partial charge in [0.25, 0.3) is 0 Å². The summed E-state index contributed by atoms with van der Waals surface area (Å²) in [4.78, 5) is 0. The van der Waals surface area contributed by atoms with Crippen molar-refractivity contribution >= 4 is 28.3 Å². The van der Waals surface area contributed by atoms with E-state index in [1.807, 2.05) is 11.4 Å². The largest absolute Gasteiger partial charge is 0.421 e. The number of hydrogen-bond donors (Lipinski definition) is 1. The van der Waals surface area contributed by atoms with Crippen LogP contribution >= 0.6 is 11.3 Å². The molecule has 0 spiro atoms. The molecule has 0 aliphatic heterocycles. The van der Waals surface area contributed by atoms with Gasteiger partial charge in [-0.2, -0.15) is 29.8 Å². The first kappa shape index (κ1) is 22.8. The summed E-state index contributed by atoms with van der Waals surface area (Å²) in [6, 6.07) is 13.8. The Bertz CT molecular complexity index is 1350. The summed E-state index contributed by atoms with van der Waals surface area (Å²) >= 11 is 1.42. The maximum Gasteiger partial charge on any atom is 0.421 e. The predicted octanol–water partition coefficient (Wildman–Crippen LogP) is 6.62.